The molecule has 5 rings (SSSR count). The van der Waals surface area contributed by atoms with Gasteiger partial charge in [-0.25, -0.2) is 9.37 Å². The molecule has 1 amide bonds. The van der Waals surface area contributed by atoms with Gasteiger partial charge in [-0.3, -0.25) is 29.8 Å². The van der Waals surface area contributed by atoms with Gasteiger partial charge < -0.3 is 4.42 Å². The highest BCUT2D eigenvalue weighted by Gasteiger charge is 2.26. The minimum Gasteiger partial charge on any atom is -0.463 e. The lowest BCUT2D eigenvalue weighted by molar-refractivity contribution is -0.394. The van der Waals surface area contributed by atoms with Crippen LogP contribution in [0.15, 0.2) is 81.2 Å². The summed E-state index contributed by atoms with van der Waals surface area (Å²) in [5.41, 5.74) is -1.62. The Morgan fingerprint density at radius 2 is 1.76 bits per heavy atom. The predicted molar refractivity (Wildman–Crippen MR) is 136 cm³/mol. The van der Waals surface area contributed by atoms with Crippen molar-refractivity contribution >= 4 is 61.2 Å². The third-order valence-electron chi connectivity index (χ3n) is 5.30. The number of hydrogen-bond acceptors (Lipinski definition) is 10. The van der Waals surface area contributed by atoms with Gasteiger partial charge in [-0.2, -0.15) is 10.1 Å². The van der Waals surface area contributed by atoms with Gasteiger partial charge in [-0.1, -0.05) is 23.5 Å². The molecule has 0 radical (unpaired) electrons. The van der Waals surface area contributed by atoms with Crippen molar-refractivity contribution in [2.24, 2.45) is 5.10 Å². The first-order valence-corrected chi connectivity index (χ1v) is 11.4. The van der Waals surface area contributed by atoms with Crippen LogP contribution in [-0.4, -0.2) is 27.0 Å². The average Bonchev–Trinajstić information content (AvgIpc) is 3.32. The van der Waals surface area contributed by atoms with Crippen LogP contribution in [0.1, 0.15) is 15.9 Å². The average molecular weight is 533 g/mol. The second-order valence-corrected chi connectivity index (χ2v) is 8.75. The number of hydrazone groups is 1. The summed E-state index contributed by atoms with van der Waals surface area (Å²) in [6, 6.07) is 12.7. The lowest BCUT2D eigenvalue weighted by atomic mass is 10.1. The minimum atomic E-state index is -1.02. The van der Waals surface area contributed by atoms with Crippen molar-refractivity contribution in [2.75, 3.05) is 5.01 Å². The molecule has 0 atom stereocenters. The Bertz CT molecular complexity index is 1830. The number of hydrogen-bond donors (Lipinski definition) is 0. The number of anilines is 1. The lowest BCUT2D eigenvalue weighted by Gasteiger charge is -2.13. The van der Waals surface area contributed by atoms with Crippen LogP contribution in [0.5, 0.6) is 0 Å². The lowest BCUT2D eigenvalue weighted by Crippen LogP contribution is -2.26. The number of non-ortho nitro benzene ring substituents is 2. The summed E-state index contributed by atoms with van der Waals surface area (Å²) in [4.78, 5) is 51.6. The zero-order valence-electron chi connectivity index (χ0n) is 18.8. The fourth-order valence-electron chi connectivity index (χ4n) is 3.52. The van der Waals surface area contributed by atoms with E-state index in [0.717, 1.165) is 41.0 Å². The molecule has 0 aliphatic carbocycles. The monoisotopic (exact) mass is 533 g/mol. The van der Waals surface area contributed by atoms with Gasteiger partial charge in [-0.15, -0.1) is 0 Å². The van der Waals surface area contributed by atoms with Gasteiger partial charge in [0.1, 0.15) is 17.7 Å². The molecular formula is C24H12FN5O7S. The summed E-state index contributed by atoms with van der Waals surface area (Å²) >= 11 is 0.876. The maximum atomic E-state index is 13.7. The third kappa shape index (κ3) is 4.58. The molecule has 0 aliphatic rings. The molecule has 0 fully saturated rings. The quantitative estimate of drug-likeness (QED) is 0.167. The van der Waals surface area contributed by atoms with Crippen molar-refractivity contribution < 1.29 is 23.4 Å². The van der Waals surface area contributed by atoms with Crippen molar-refractivity contribution in [1.82, 2.24) is 4.98 Å². The third-order valence-corrected chi connectivity index (χ3v) is 6.30. The molecule has 5 aromatic rings. The maximum Gasteiger partial charge on any atom is 0.281 e. The van der Waals surface area contributed by atoms with Gasteiger partial charge in [0.05, 0.1) is 48.9 Å². The first kappa shape index (κ1) is 24.3. The number of carbonyl (C=O) groups is 1. The molecule has 0 bridgehead atoms. The first-order valence-electron chi connectivity index (χ1n) is 10.6. The number of nitro benzene ring substituents is 2. The largest absolute Gasteiger partial charge is 0.463 e. The minimum absolute atomic E-state index is 0.0290. The van der Waals surface area contributed by atoms with Crippen molar-refractivity contribution in [1.29, 1.82) is 0 Å². The number of halogens is 1. The van der Waals surface area contributed by atoms with Gasteiger partial charge in [0.25, 0.3) is 17.3 Å². The van der Waals surface area contributed by atoms with Crippen LogP contribution in [0, 0.1) is 26.0 Å². The van der Waals surface area contributed by atoms with E-state index in [9.17, 15) is 34.2 Å². The van der Waals surface area contributed by atoms with Crippen LogP contribution in [0.25, 0.3) is 21.2 Å². The zero-order chi connectivity index (χ0) is 27.0. The van der Waals surface area contributed by atoms with E-state index in [1.165, 1.54) is 18.2 Å². The number of thiazole rings is 1. The van der Waals surface area contributed by atoms with Gasteiger partial charge in [0, 0.05) is 12.1 Å². The first-order chi connectivity index (χ1) is 18.2. The molecule has 0 saturated heterocycles. The Hall–Kier alpha value is -5.37. The number of rotatable bonds is 6. The van der Waals surface area contributed by atoms with E-state index in [1.54, 1.807) is 24.3 Å². The smallest absolute Gasteiger partial charge is 0.281 e. The number of amides is 1. The topological polar surface area (TPSA) is 162 Å². The molecular weight excluding hydrogens is 521 g/mol. The molecule has 38 heavy (non-hydrogen) atoms. The summed E-state index contributed by atoms with van der Waals surface area (Å²) in [7, 11) is 0. The fourth-order valence-corrected chi connectivity index (χ4v) is 4.47. The van der Waals surface area contributed by atoms with E-state index in [0.29, 0.717) is 21.9 Å². The summed E-state index contributed by atoms with van der Waals surface area (Å²) in [6.45, 7) is 0. The highest BCUT2D eigenvalue weighted by Crippen LogP contribution is 2.32. The van der Waals surface area contributed by atoms with E-state index < -0.39 is 43.9 Å². The maximum absolute atomic E-state index is 13.7. The zero-order valence-corrected chi connectivity index (χ0v) is 19.6. The molecule has 2 aromatic heterocycles. The Balaban J connectivity index is 1.65. The van der Waals surface area contributed by atoms with Crippen molar-refractivity contribution in [3.05, 3.63) is 114 Å². The SMILES string of the molecule is O=C(c1cc([N+](=O)[O-])cc([N+](=O)[O-])c1)N(/N=C/c1coc2ccccc2c1=O)c1nc2ccc(F)cc2s1. The van der Waals surface area contributed by atoms with Crippen LogP contribution in [0.3, 0.4) is 0 Å². The number of carbonyl (C=O) groups excluding carboxylic acids is 1. The van der Waals surface area contributed by atoms with E-state index >= 15 is 0 Å². The van der Waals surface area contributed by atoms with Gasteiger partial charge in [0.2, 0.25) is 10.6 Å². The molecule has 2 heterocycles. The Labute approximate surface area is 214 Å². The van der Waals surface area contributed by atoms with Gasteiger partial charge >= 0.3 is 0 Å². The van der Waals surface area contributed by atoms with Crippen molar-refractivity contribution in [3.8, 4) is 0 Å². The van der Waals surface area contributed by atoms with Crippen LogP contribution in [-0.2, 0) is 0 Å². The van der Waals surface area contributed by atoms with Crippen LogP contribution >= 0.6 is 11.3 Å². The number of nitro groups is 2. The molecule has 188 valence electrons. The standard InChI is InChI=1S/C24H12FN5O7S/c25-15-5-6-19-21(9-15)38-24(27-19)28(23(32)13-7-16(29(33)34)10-17(8-13)30(35)36)26-11-14-12-37-20-4-2-1-3-18(20)22(14)31/h1-12H/b26-11+. The van der Waals surface area contributed by atoms with E-state index in [-0.39, 0.29) is 16.1 Å². The Morgan fingerprint density at radius 1 is 1.05 bits per heavy atom. The van der Waals surface area contributed by atoms with Crippen LogP contribution in [0.2, 0.25) is 0 Å². The second kappa shape index (κ2) is 9.59. The molecule has 0 saturated carbocycles. The Kier molecular flexibility index (Phi) is 6.14. The second-order valence-electron chi connectivity index (χ2n) is 7.74. The highest BCUT2D eigenvalue weighted by atomic mass is 32.1. The van der Waals surface area contributed by atoms with E-state index in [1.807, 2.05) is 0 Å². The molecule has 0 aliphatic heterocycles. The molecule has 3 aromatic carbocycles. The molecule has 14 heteroatoms. The molecule has 12 nitrogen and oxygen atoms in total. The fraction of sp³-hybridized carbons (Fsp3) is 0. The summed E-state index contributed by atoms with van der Waals surface area (Å²) < 4.78 is 19.6. The molecule has 0 N–H and O–H groups in total. The van der Waals surface area contributed by atoms with E-state index in [2.05, 4.69) is 10.1 Å². The Morgan fingerprint density at radius 3 is 2.47 bits per heavy atom. The highest BCUT2D eigenvalue weighted by molar-refractivity contribution is 7.22. The number of benzene rings is 3. The predicted octanol–water partition coefficient (Wildman–Crippen LogP) is 5.04. The number of nitrogens with zero attached hydrogens (tertiary/aromatic N) is 5. The van der Waals surface area contributed by atoms with Crippen molar-refractivity contribution in [3.63, 3.8) is 0 Å². The normalized spacial score (nSPS) is 11.3. The number of aromatic nitrogens is 1. The number of fused-ring (bicyclic) bond motifs is 2. The number of para-hydroxylation sites is 1. The molecule has 0 spiro atoms. The van der Waals surface area contributed by atoms with Gasteiger partial charge in [0.15, 0.2) is 0 Å². The van der Waals surface area contributed by atoms with E-state index in [4.69, 9.17) is 4.42 Å². The summed E-state index contributed by atoms with van der Waals surface area (Å²) in [6.07, 6.45) is 2.18. The van der Waals surface area contributed by atoms with Crippen molar-refractivity contribution in [2.45, 2.75) is 0 Å². The van der Waals surface area contributed by atoms with Gasteiger partial charge in [-0.05, 0) is 30.3 Å². The van der Waals surface area contributed by atoms with Crippen LogP contribution in [0.4, 0.5) is 20.9 Å². The van der Waals surface area contributed by atoms with Crippen LogP contribution < -0.4 is 10.4 Å². The molecule has 0 unspecified atom stereocenters. The summed E-state index contributed by atoms with van der Waals surface area (Å²) in [5.74, 6) is -1.56. The summed E-state index contributed by atoms with van der Waals surface area (Å²) in [5, 5.41) is 27.7.